The van der Waals surface area contributed by atoms with Crippen LogP contribution in [0.25, 0.3) is 0 Å². The number of para-hydroxylation sites is 1. The molecule has 0 atom stereocenters. The zero-order chi connectivity index (χ0) is 12.1. The highest BCUT2D eigenvalue weighted by molar-refractivity contribution is 7.99. The molecule has 0 aliphatic carbocycles. The smallest absolute Gasteiger partial charge is 0.166 e. The lowest BCUT2D eigenvalue weighted by Crippen LogP contribution is -2.23. The SMILES string of the molecule is COc1cccc(CN)c1OC1CCSCC1. The summed E-state index contributed by atoms with van der Waals surface area (Å²) < 4.78 is 11.4. The molecule has 1 fully saturated rings. The van der Waals surface area contributed by atoms with Gasteiger partial charge in [0.2, 0.25) is 0 Å². The average molecular weight is 253 g/mol. The summed E-state index contributed by atoms with van der Waals surface area (Å²) in [7, 11) is 1.67. The van der Waals surface area contributed by atoms with E-state index in [0.29, 0.717) is 12.6 Å². The minimum Gasteiger partial charge on any atom is -0.493 e. The Bertz CT molecular complexity index is 342. The Morgan fingerprint density at radius 2 is 2.12 bits per heavy atom. The van der Waals surface area contributed by atoms with Crippen molar-refractivity contribution in [1.82, 2.24) is 0 Å². The van der Waals surface area contributed by atoms with Crippen molar-refractivity contribution in [2.24, 2.45) is 5.73 Å². The first kappa shape index (κ1) is 12.6. The van der Waals surface area contributed by atoms with Crippen LogP contribution in [0.1, 0.15) is 18.4 Å². The molecule has 0 unspecified atom stereocenters. The van der Waals surface area contributed by atoms with Gasteiger partial charge >= 0.3 is 0 Å². The first-order valence-electron chi connectivity index (χ1n) is 5.95. The molecule has 1 heterocycles. The van der Waals surface area contributed by atoms with E-state index in [9.17, 15) is 0 Å². The Kier molecular flexibility index (Phi) is 4.57. The number of nitrogens with two attached hydrogens (primary N) is 1. The fourth-order valence-corrected chi connectivity index (χ4v) is 3.04. The van der Waals surface area contributed by atoms with Crippen LogP contribution in [-0.4, -0.2) is 24.7 Å². The van der Waals surface area contributed by atoms with Crippen molar-refractivity contribution in [2.45, 2.75) is 25.5 Å². The molecule has 0 aromatic heterocycles. The van der Waals surface area contributed by atoms with E-state index in [4.69, 9.17) is 15.2 Å². The van der Waals surface area contributed by atoms with Crippen LogP contribution in [0, 0.1) is 0 Å². The van der Waals surface area contributed by atoms with Crippen LogP contribution in [0.4, 0.5) is 0 Å². The van der Waals surface area contributed by atoms with Crippen molar-refractivity contribution in [3.63, 3.8) is 0 Å². The van der Waals surface area contributed by atoms with E-state index in [1.165, 1.54) is 11.5 Å². The first-order chi connectivity index (χ1) is 8.35. The van der Waals surface area contributed by atoms with E-state index in [2.05, 4.69) is 0 Å². The summed E-state index contributed by atoms with van der Waals surface area (Å²) in [5, 5.41) is 0. The van der Waals surface area contributed by atoms with Crippen molar-refractivity contribution < 1.29 is 9.47 Å². The van der Waals surface area contributed by atoms with Gasteiger partial charge in [-0.1, -0.05) is 12.1 Å². The van der Waals surface area contributed by atoms with Crippen LogP contribution in [0.15, 0.2) is 18.2 Å². The largest absolute Gasteiger partial charge is 0.493 e. The van der Waals surface area contributed by atoms with Crippen molar-refractivity contribution in [1.29, 1.82) is 0 Å². The fourth-order valence-electron chi connectivity index (χ4n) is 1.98. The van der Waals surface area contributed by atoms with Crippen LogP contribution in [-0.2, 0) is 6.54 Å². The van der Waals surface area contributed by atoms with Gasteiger partial charge in [0, 0.05) is 12.1 Å². The van der Waals surface area contributed by atoms with Crippen molar-refractivity contribution >= 4 is 11.8 Å². The number of hydrogen-bond acceptors (Lipinski definition) is 4. The molecule has 94 valence electrons. The normalized spacial score (nSPS) is 16.8. The van der Waals surface area contributed by atoms with E-state index in [-0.39, 0.29) is 0 Å². The molecule has 1 saturated heterocycles. The van der Waals surface area contributed by atoms with Crippen molar-refractivity contribution in [3.8, 4) is 11.5 Å². The molecule has 1 aliphatic rings. The second-order valence-corrected chi connectivity index (χ2v) is 5.31. The Morgan fingerprint density at radius 3 is 2.76 bits per heavy atom. The van der Waals surface area contributed by atoms with Crippen LogP contribution < -0.4 is 15.2 Å². The summed E-state index contributed by atoms with van der Waals surface area (Å²) in [6, 6.07) is 5.87. The summed E-state index contributed by atoms with van der Waals surface area (Å²) in [4.78, 5) is 0. The molecule has 0 amide bonds. The maximum Gasteiger partial charge on any atom is 0.166 e. The second kappa shape index (κ2) is 6.17. The van der Waals surface area contributed by atoms with Gasteiger partial charge in [-0.2, -0.15) is 11.8 Å². The van der Waals surface area contributed by atoms with E-state index < -0.39 is 0 Å². The average Bonchev–Trinajstić information content (AvgIpc) is 2.40. The lowest BCUT2D eigenvalue weighted by molar-refractivity contribution is 0.182. The molecule has 0 spiro atoms. The summed E-state index contributed by atoms with van der Waals surface area (Å²) in [6.45, 7) is 0.480. The van der Waals surface area contributed by atoms with E-state index in [1.807, 2.05) is 30.0 Å². The molecule has 2 rings (SSSR count). The number of benzene rings is 1. The lowest BCUT2D eigenvalue weighted by Gasteiger charge is -2.25. The maximum absolute atomic E-state index is 6.08. The highest BCUT2D eigenvalue weighted by Crippen LogP contribution is 2.33. The molecule has 1 aromatic carbocycles. The Balaban J connectivity index is 2.16. The van der Waals surface area contributed by atoms with Gasteiger partial charge in [-0.3, -0.25) is 0 Å². The molecular weight excluding hydrogens is 234 g/mol. The molecular formula is C13H19NO2S. The van der Waals surface area contributed by atoms with Gasteiger partial charge in [0.1, 0.15) is 6.10 Å². The van der Waals surface area contributed by atoms with Crippen LogP contribution in [0.5, 0.6) is 11.5 Å². The predicted molar refractivity (Wildman–Crippen MR) is 71.9 cm³/mol. The van der Waals surface area contributed by atoms with Crippen LogP contribution in [0.2, 0.25) is 0 Å². The quantitative estimate of drug-likeness (QED) is 0.895. The predicted octanol–water partition coefficient (Wildman–Crippen LogP) is 2.43. The third-order valence-corrected chi connectivity index (χ3v) is 4.00. The third-order valence-electron chi connectivity index (χ3n) is 2.95. The van der Waals surface area contributed by atoms with Gasteiger partial charge < -0.3 is 15.2 Å². The van der Waals surface area contributed by atoms with Gasteiger partial charge in [-0.25, -0.2) is 0 Å². The summed E-state index contributed by atoms with van der Waals surface area (Å²) >= 11 is 1.99. The van der Waals surface area contributed by atoms with Gasteiger partial charge in [0.25, 0.3) is 0 Å². The molecule has 4 heteroatoms. The van der Waals surface area contributed by atoms with E-state index >= 15 is 0 Å². The Hall–Kier alpha value is -0.870. The molecule has 1 aliphatic heterocycles. The van der Waals surface area contributed by atoms with Crippen LogP contribution in [0.3, 0.4) is 0 Å². The molecule has 0 saturated carbocycles. The van der Waals surface area contributed by atoms with Gasteiger partial charge in [-0.15, -0.1) is 0 Å². The molecule has 1 aromatic rings. The zero-order valence-electron chi connectivity index (χ0n) is 10.1. The van der Waals surface area contributed by atoms with E-state index in [1.54, 1.807) is 7.11 Å². The monoisotopic (exact) mass is 253 g/mol. The van der Waals surface area contributed by atoms with Crippen LogP contribution >= 0.6 is 11.8 Å². The van der Waals surface area contributed by atoms with Crippen molar-refractivity contribution in [3.05, 3.63) is 23.8 Å². The Labute approximate surface area is 107 Å². The number of thioether (sulfide) groups is 1. The fraction of sp³-hybridized carbons (Fsp3) is 0.538. The first-order valence-corrected chi connectivity index (χ1v) is 7.11. The van der Waals surface area contributed by atoms with Gasteiger partial charge in [0.05, 0.1) is 7.11 Å². The lowest BCUT2D eigenvalue weighted by atomic mass is 10.1. The highest BCUT2D eigenvalue weighted by atomic mass is 32.2. The molecule has 2 N–H and O–H groups in total. The summed E-state index contributed by atoms with van der Waals surface area (Å²) in [5.41, 5.74) is 6.76. The number of ether oxygens (including phenoxy) is 2. The van der Waals surface area contributed by atoms with Gasteiger partial charge in [-0.05, 0) is 30.4 Å². The van der Waals surface area contributed by atoms with Crippen molar-refractivity contribution in [2.75, 3.05) is 18.6 Å². The second-order valence-electron chi connectivity index (χ2n) is 4.08. The zero-order valence-corrected chi connectivity index (χ0v) is 11.0. The Morgan fingerprint density at radius 1 is 1.35 bits per heavy atom. The standard InChI is InChI=1S/C13H19NO2S/c1-15-12-4-2-3-10(9-14)13(12)16-11-5-7-17-8-6-11/h2-4,11H,5-9,14H2,1H3. The maximum atomic E-state index is 6.08. The third kappa shape index (κ3) is 3.07. The molecule has 17 heavy (non-hydrogen) atoms. The molecule has 3 nitrogen and oxygen atoms in total. The number of hydrogen-bond donors (Lipinski definition) is 1. The number of rotatable bonds is 4. The minimum atomic E-state index is 0.304. The summed E-state index contributed by atoms with van der Waals surface area (Å²) in [6.07, 6.45) is 2.51. The molecule has 0 radical (unpaired) electrons. The topological polar surface area (TPSA) is 44.5 Å². The minimum absolute atomic E-state index is 0.304. The molecule has 0 bridgehead atoms. The number of methoxy groups -OCH3 is 1. The highest BCUT2D eigenvalue weighted by Gasteiger charge is 2.18. The van der Waals surface area contributed by atoms with E-state index in [0.717, 1.165) is 29.9 Å². The van der Waals surface area contributed by atoms with Gasteiger partial charge in [0.15, 0.2) is 11.5 Å². The summed E-state index contributed by atoms with van der Waals surface area (Å²) in [5.74, 6) is 3.97.